The molecular weight excluding hydrogens is 629 g/mol. The zero-order valence-corrected chi connectivity index (χ0v) is 27.9. The quantitative estimate of drug-likeness (QED) is 0.125. The predicted octanol–water partition coefficient (Wildman–Crippen LogP) is 6.15. The number of carbonyl (C=O) groups is 1. The van der Waals surface area contributed by atoms with E-state index in [0.717, 1.165) is 71.7 Å². The lowest BCUT2D eigenvalue weighted by Crippen LogP contribution is -2.45. The van der Waals surface area contributed by atoms with E-state index in [4.69, 9.17) is 14.5 Å². The molecule has 0 aromatic carbocycles. The van der Waals surface area contributed by atoms with Gasteiger partial charge in [0.2, 0.25) is 0 Å². The number of piperidine rings is 1. The molecule has 1 amide bonds. The molecule has 9 nitrogen and oxygen atoms in total. The normalized spacial score (nSPS) is 21.9. The van der Waals surface area contributed by atoms with Crippen molar-refractivity contribution in [2.75, 3.05) is 31.6 Å². The van der Waals surface area contributed by atoms with Crippen LogP contribution < -0.4 is 4.90 Å². The molecular formula is C26H44IN5O4Si2. The van der Waals surface area contributed by atoms with Gasteiger partial charge in [-0.2, -0.15) is 9.61 Å². The maximum atomic E-state index is 11.8. The Hall–Kier alpha value is -1.23. The lowest BCUT2D eigenvalue weighted by molar-refractivity contribution is 0.0934. The van der Waals surface area contributed by atoms with Crippen LogP contribution in [0.25, 0.3) is 5.65 Å². The lowest BCUT2D eigenvalue weighted by Gasteiger charge is -2.37. The fourth-order valence-corrected chi connectivity index (χ4v) is 7.37. The highest BCUT2D eigenvalue weighted by Gasteiger charge is 2.44. The zero-order chi connectivity index (χ0) is 27.7. The Kier molecular flexibility index (Phi) is 9.48. The second-order valence-corrected chi connectivity index (χ2v) is 25.7. The molecule has 3 atom stereocenters. The van der Waals surface area contributed by atoms with Gasteiger partial charge in [-0.05, 0) is 60.4 Å². The van der Waals surface area contributed by atoms with Crippen molar-refractivity contribution < 1.29 is 19.4 Å². The van der Waals surface area contributed by atoms with Crippen molar-refractivity contribution in [1.82, 2.24) is 19.5 Å². The van der Waals surface area contributed by atoms with Crippen molar-refractivity contribution in [1.29, 1.82) is 0 Å². The fourth-order valence-electron chi connectivity index (χ4n) is 5.38. The monoisotopic (exact) mass is 673 g/mol. The predicted molar refractivity (Wildman–Crippen MR) is 165 cm³/mol. The number of nitrogens with zero attached hydrogens (tertiary/aromatic N) is 5. The smallest absolute Gasteiger partial charge is 0.407 e. The van der Waals surface area contributed by atoms with E-state index in [1.807, 2.05) is 10.7 Å². The molecule has 0 aliphatic carbocycles. The van der Waals surface area contributed by atoms with Crippen molar-refractivity contribution in [3.8, 4) is 0 Å². The first kappa shape index (κ1) is 29.7. The molecule has 4 heterocycles. The Morgan fingerprint density at radius 1 is 1.05 bits per heavy atom. The second kappa shape index (κ2) is 12.1. The van der Waals surface area contributed by atoms with Crippen LogP contribution in [-0.4, -0.2) is 85.6 Å². The van der Waals surface area contributed by atoms with E-state index in [1.165, 1.54) is 0 Å². The summed E-state index contributed by atoms with van der Waals surface area (Å²) in [5, 5.41) is 14.4. The Morgan fingerprint density at radius 2 is 1.61 bits per heavy atom. The molecule has 0 radical (unpaired) electrons. The second-order valence-electron chi connectivity index (χ2n) is 13.2. The largest absolute Gasteiger partial charge is 0.465 e. The van der Waals surface area contributed by atoms with Crippen LogP contribution in [0.2, 0.25) is 51.4 Å². The number of halogens is 1. The van der Waals surface area contributed by atoms with Crippen molar-refractivity contribution in [3.63, 3.8) is 0 Å². The van der Waals surface area contributed by atoms with Gasteiger partial charge in [0.25, 0.3) is 0 Å². The standard InChI is InChI=1S/C26H44IN5O4Si2/c1-37(2,3)11-9-35-17-30(18-36-10-12-38(4,5)6)24-15-23(29-25-22(27)16-28-32(24)25)19-13-20-7-8-21(14-19)31(20)26(33)34/h15-16,19-21H,7-14,17-18H2,1-6H3,(H,33,34)/t19?,20-,21+. The average Bonchev–Trinajstić information content (AvgIpc) is 3.32. The third-order valence-corrected chi connectivity index (χ3v) is 11.8. The number of amides is 1. The highest BCUT2D eigenvalue weighted by Crippen LogP contribution is 2.43. The molecule has 4 rings (SSSR count). The van der Waals surface area contributed by atoms with Gasteiger partial charge in [0.15, 0.2) is 5.65 Å². The maximum absolute atomic E-state index is 11.8. The van der Waals surface area contributed by atoms with E-state index >= 15 is 0 Å². The Balaban J connectivity index is 1.59. The molecule has 2 aliphatic rings. The summed E-state index contributed by atoms with van der Waals surface area (Å²) in [6.45, 7) is 16.5. The van der Waals surface area contributed by atoms with Crippen molar-refractivity contribution in [2.24, 2.45) is 0 Å². The summed E-state index contributed by atoms with van der Waals surface area (Å²) in [4.78, 5) is 20.7. The van der Waals surface area contributed by atoms with Gasteiger partial charge in [0.05, 0.1) is 9.77 Å². The molecule has 12 heteroatoms. The minimum absolute atomic E-state index is 0.0765. The third-order valence-electron chi connectivity index (χ3n) is 7.61. The molecule has 2 aromatic rings. The van der Waals surface area contributed by atoms with Gasteiger partial charge in [-0.15, -0.1) is 0 Å². The number of hydrogen-bond donors (Lipinski definition) is 1. The van der Waals surface area contributed by atoms with Crippen LogP contribution in [0, 0.1) is 3.57 Å². The van der Waals surface area contributed by atoms with Crippen LogP contribution in [0.5, 0.6) is 0 Å². The van der Waals surface area contributed by atoms with E-state index in [-0.39, 0.29) is 18.0 Å². The fraction of sp³-hybridized carbons (Fsp3) is 0.731. The summed E-state index contributed by atoms with van der Waals surface area (Å²) in [7, 11) is -2.40. The summed E-state index contributed by atoms with van der Waals surface area (Å²) in [6.07, 6.45) is 4.57. The van der Waals surface area contributed by atoms with Crippen molar-refractivity contribution in [2.45, 2.75) is 95.1 Å². The Bertz CT molecular complexity index is 1080. The molecule has 212 valence electrons. The van der Waals surface area contributed by atoms with Gasteiger partial charge in [-0.3, -0.25) is 0 Å². The Morgan fingerprint density at radius 3 is 2.11 bits per heavy atom. The highest BCUT2D eigenvalue weighted by atomic mass is 127. The SMILES string of the molecule is C[Si](C)(C)CCOCN(COCC[Si](C)(C)C)c1cc(C2C[C@H]3CC[C@@H](C2)N3C(=O)O)nc2c(I)cnn12. The van der Waals surface area contributed by atoms with Crippen LogP contribution in [0.4, 0.5) is 10.6 Å². The number of fused-ring (bicyclic) bond motifs is 3. The summed E-state index contributed by atoms with van der Waals surface area (Å²) < 4.78 is 15.3. The molecule has 2 fully saturated rings. The number of rotatable bonds is 12. The van der Waals surface area contributed by atoms with E-state index < -0.39 is 22.2 Å². The summed E-state index contributed by atoms with van der Waals surface area (Å²) >= 11 is 2.30. The maximum Gasteiger partial charge on any atom is 0.407 e. The van der Waals surface area contributed by atoms with Crippen LogP contribution in [0.1, 0.15) is 37.3 Å². The molecule has 1 N–H and O–H groups in total. The number of aromatic nitrogens is 3. The summed E-state index contributed by atoms with van der Waals surface area (Å²) in [5.74, 6) is 1.14. The van der Waals surface area contributed by atoms with E-state index in [9.17, 15) is 9.90 Å². The zero-order valence-electron chi connectivity index (χ0n) is 23.7. The summed E-state index contributed by atoms with van der Waals surface area (Å²) in [5.41, 5.74) is 1.85. The molecule has 2 aromatic heterocycles. The van der Waals surface area contributed by atoms with Crippen LogP contribution >= 0.6 is 22.6 Å². The number of hydrogen-bond acceptors (Lipinski definition) is 6. The van der Waals surface area contributed by atoms with E-state index in [1.54, 1.807) is 4.90 Å². The minimum atomic E-state index is -1.20. The van der Waals surface area contributed by atoms with Gasteiger partial charge >= 0.3 is 6.09 Å². The topological polar surface area (TPSA) is 92.4 Å². The minimum Gasteiger partial charge on any atom is -0.465 e. The third kappa shape index (κ3) is 7.49. The van der Waals surface area contributed by atoms with Gasteiger partial charge in [-0.25, -0.2) is 9.78 Å². The molecule has 2 bridgehead atoms. The van der Waals surface area contributed by atoms with Gasteiger partial charge in [-0.1, -0.05) is 39.3 Å². The molecule has 2 aliphatic heterocycles. The first-order valence-corrected chi connectivity index (χ1v) is 22.3. The Labute approximate surface area is 242 Å². The average molecular weight is 674 g/mol. The first-order valence-electron chi connectivity index (χ1n) is 13.8. The molecule has 0 spiro atoms. The molecule has 1 unspecified atom stereocenters. The van der Waals surface area contributed by atoms with Gasteiger partial charge < -0.3 is 24.4 Å². The first-order chi connectivity index (χ1) is 17.8. The summed E-state index contributed by atoms with van der Waals surface area (Å²) in [6, 6.07) is 4.51. The van der Waals surface area contributed by atoms with Crippen LogP contribution in [-0.2, 0) is 9.47 Å². The number of anilines is 1. The number of carboxylic acid groups (broad SMARTS) is 1. The van der Waals surface area contributed by atoms with Crippen molar-refractivity contribution >= 4 is 56.3 Å². The molecule has 38 heavy (non-hydrogen) atoms. The van der Waals surface area contributed by atoms with Gasteiger partial charge in [0, 0.05) is 59.1 Å². The van der Waals surface area contributed by atoms with Crippen LogP contribution in [0.3, 0.4) is 0 Å². The van der Waals surface area contributed by atoms with E-state index in [2.05, 4.69) is 77.9 Å². The highest BCUT2D eigenvalue weighted by molar-refractivity contribution is 14.1. The van der Waals surface area contributed by atoms with Crippen molar-refractivity contribution in [3.05, 3.63) is 21.5 Å². The van der Waals surface area contributed by atoms with Crippen LogP contribution in [0.15, 0.2) is 12.3 Å². The van der Waals surface area contributed by atoms with E-state index in [0.29, 0.717) is 13.5 Å². The molecule has 2 saturated heterocycles. The molecule has 0 saturated carbocycles. The number of ether oxygens (including phenoxy) is 2. The lowest BCUT2D eigenvalue weighted by atomic mass is 9.88. The van der Waals surface area contributed by atoms with Gasteiger partial charge in [0.1, 0.15) is 19.3 Å².